The summed E-state index contributed by atoms with van der Waals surface area (Å²) in [4.78, 5) is 18.2. The molecule has 0 spiro atoms. The zero-order chi connectivity index (χ0) is 21.9. The van der Waals surface area contributed by atoms with Gasteiger partial charge >= 0.3 is 0 Å². The second kappa shape index (κ2) is 7.01. The van der Waals surface area contributed by atoms with E-state index in [9.17, 15) is 18.0 Å². The molecule has 8 heteroatoms. The van der Waals surface area contributed by atoms with E-state index in [0.29, 0.717) is 29.9 Å². The van der Waals surface area contributed by atoms with E-state index in [2.05, 4.69) is 10.1 Å². The maximum Gasteiger partial charge on any atom is 0.256 e. The first-order valence-corrected chi connectivity index (χ1v) is 9.94. The number of nitrogens with zero attached hydrogens (tertiary/aromatic N) is 3. The Hall–Kier alpha value is -3.55. The molecule has 158 valence electrons. The van der Waals surface area contributed by atoms with Gasteiger partial charge in [0.05, 0.1) is 28.5 Å². The number of carbonyl (C=O) groups excluding carboxylic acids is 1. The summed E-state index contributed by atoms with van der Waals surface area (Å²) in [7, 11) is 1.67. The van der Waals surface area contributed by atoms with E-state index in [1.807, 2.05) is 25.1 Å². The van der Waals surface area contributed by atoms with Crippen LogP contribution in [0.5, 0.6) is 0 Å². The molecular weight excluding hydrogens is 405 g/mol. The van der Waals surface area contributed by atoms with Crippen molar-refractivity contribution in [3.05, 3.63) is 76.9 Å². The van der Waals surface area contributed by atoms with Gasteiger partial charge in [-0.1, -0.05) is 12.1 Å². The number of para-hydroxylation sites is 1. The van der Waals surface area contributed by atoms with Crippen molar-refractivity contribution in [1.29, 1.82) is 0 Å². The van der Waals surface area contributed by atoms with Gasteiger partial charge in [0.2, 0.25) is 0 Å². The van der Waals surface area contributed by atoms with Crippen LogP contribution in [0.2, 0.25) is 0 Å². The Morgan fingerprint density at radius 3 is 2.65 bits per heavy atom. The minimum Gasteiger partial charge on any atom is -0.361 e. The van der Waals surface area contributed by atoms with Crippen molar-refractivity contribution in [1.82, 2.24) is 19.7 Å². The highest BCUT2D eigenvalue weighted by atomic mass is 19.2. The highest BCUT2D eigenvalue weighted by Gasteiger charge is 2.34. The van der Waals surface area contributed by atoms with Crippen molar-refractivity contribution in [3.63, 3.8) is 0 Å². The molecule has 5 nitrogen and oxygen atoms in total. The number of rotatable bonds is 2. The van der Waals surface area contributed by atoms with E-state index in [4.69, 9.17) is 0 Å². The van der Waals surface area contributed by atoms with E-state index in [1.54, 1.807) is 24.2 Å². The summed E-state index contributed by atoms with van der Waals surface area (Å²) in [5.41, 5.74) is 3.58. The van der Waals surface area contributed by atoms with Crippen LogP contribution in [0.25, 0.3) is 22.2 Å². The molecule has 0 aliphatic carbocycles. The zero-order valence-corrected chi connectivity index (χ0v) is 16.9. The van der Waals surface area contributed by atoms with Gasteiger partial charge in [-0.2, -0.15) is 5.10 Å². The van der Waals surface area contributed by atoms with Crippen molar-refractivity contribution < 1.29 is 18.0 Å². The largest absolute Gasteiger partial charge is 0.361 e. The third-order valence-corrected chi connectivity index (χ3v) is 5.98. The van der Waals surface area contributed by atoms with Crippen LogP contribution < -0.4 is 0 Å². The normalized spacial score (nSPS) is 16.0. The Morgan fingerprint density at radius 2 is 1.90 bits per heavy atom. The van der Waals surface area contributed by atoms with Gasteiger partial charge < -0.3 is 9.88 Å². The number of H-pyrrole nitrogens is 1. The first-order valence-electron chi connectivity index (χ1n) is 9.94. The molecule has 31 heavy (non-hydrogen) atoms. The number of hydrogen-bond acceptors (Lipinski definition) is 2. The predicted molar refractivity (Wildman–Crippen MR) is 110 cm³/mol. The average molecular weight is 424 g/mol. The van der Waals surface area contributed by atoms with Crippen molar-refractivity contribution in [3.8, 4) is 11.3 Å². The average Bonchev–Trinajstić information content (AvgIpc) is 3.35. The topological polar surface area (TPSA) is 53.9 Å². The molecule has 3 heterocycles. The zero-order valence-electron chi connectivity index (χ0n) is 16.9. The second-order valence-corrected chi connectivity index (χ2v) is 7.76. The number of halogens is 3. The molecule has 2 aromatic heterocycles. The summed E-state index contributed by atoms with van der Waals surface area (Å²) in [6, 6.07) is 9.10. The lowest BCUT2D eigenvalue weighted by Gasteiger charge is -2.33. The fourth-order valence-corrected chi connectivity index (χ4v) is 4.49. The molecule has 1 atom stereocenters. The van der Waals surface area contributed by atoms with Crippen LogP contribution in [-0.2, 0) is 13.5 Å². The molecule has 0 saturated heterocycles. The number of aromatic amines is 1. The Kier molecular flexibility index (Phi) is 4.39. The fraction of sp³-hybridized carbons (Fsp3) is 0.217. The quantitative estimate of drug-likeness (QED) is 0.473. The number of nitrogens with one attached hydrogen (secondary N) is 1. The first-order chi connectivity index (χ1) is 14.9. The van der Waals surface area contributed by atoms with Gasteiger partial charge in [-0.3, -0.25) is 9.48 Å². The molecule has 0 unspecified atom stereocenters. The van der Waals surface area contributed by atoms with Gasteiger partial charge in [0, 0.05) is 36.3 Å². The first kappa shape index (κ1) is 19.4. The van der Waals surface area contributed by atoms with E-state index in [1.165, 1.54) is 4.68 Å². The molecule has 0 radical (unpaired) electrons. The highest BCUT2D eigenvalue weighted by Crippen LogP contribution is 2.37. The molecule has 5 rings (SSSR count). The van der Waals surface area contributed by atoms with Crippen LogP contribution in [0.15, 0.2) is 42.6 Å². The maximum absolute atomic E-state index is 13.8. The lowest BCUT2D eigenvalue weighted by atomic mass is 9.94. The lowest BCUT2D eigenvalue weighted by molar-refractivity contribution is 0.0675. The molecule has 4 aromatic rings. The number of amides is 1. The Bertz CT molecular complexity index is 1320. The van der Waals surface area contributed by atoms with Gasteiger partial charge in [-0.05, 0) is 37.6 Å². The highest BCUT2D eigenvalue weighted by molar-refractivity contribution is 6.05. The van der Waals surface area contributed by atoms with Crippen molar-refractivity contribution in [2.75, 3.05) is 6.54 Å². The van der Waals surface area contributed by atoms with Crippen molar-refractivity contribution in [2.45, 2.75) is 19.4 Å². The van der Waals surface area contributed by atoms with Crippen molar-refractivity contribution in [2.24, 2.45) is 7.05 Å². The standard InChI is InChI=1S/C23H19F3N4O/c1-12-20-15(22(29(2)28-20)14-10-17(24)19(26)18(25)11-14)7-9-30(12)23(31)16-5-3-4-13-6-8-27-21(13)16/h3-6,8,10-12,27H,7,9H2,1-2H3/t12-/m0/s1. The van der Waals surface area contributed by atoms with E-state index in [0.717, 1.165) is 28.6 Å². The molecule has 1 aliphatic rings. The van der Waals surface area contributed by atoms with Crippen LogP contribution in [0.1, 0.15) is 34.6 Å². The van der Waals surface area contributed by atoms with Gasteiger partial charge in [0.25, 0.3) is 5.91 Å². The van der Waals surface area contributed by atoms with Gasteiger partial charge in [-0.15, -0.1) is 0 Å². The summed E-state index contributed by atoms with van der Waals surface area (Å²) in [5, 5.41) is 5.50. The predicted octanol–water partition coefficient (Wildman–Crippen LogP) is 4.75. The smallest absolute Gasteiger partial charge is 0.256 e. The van der Waals surface area contributed by atoms with Gasteiger partial charge in [0.15, 0.2) is 17.5 Å². The number of carbonyl (C=O) groups is 1. The number of aryl methyl sites for hydroxylation is 1. The number of aromatic nitrogens is 3. The molecule has 1 N–H and O–H groups in total. The summed E-state index contributed by atoms with van der Waals surface area (Å²) in [6.45, 7) is 2.31. The number of benzene rings is 2. The summed E-state index contributed by atoms with van der Waals surface area (Å²) >= 11 is 0. The van der Waals surface area contributed by atoms with Gasteiger partial charge in [0.1, 0.15) is 0 Å². The monoisotopic (exact) mass is 424 g/mol. The molecule has 0 saturated carbocycles. The lowest BCUT2D eigenvalue weighted by Crippen LogP contribution is -2.39. The Morgan fingerprint density at radius 1 is 1.16 bits per heavy atom. The van der Waals surface area contributed by atoms with Crippen LogP contribution >= 0.6 is 0 Å². The number of hydrogen-bond donors (Lipinski definition) is 1. The summed E-state index contributed by atoms with van der Waals surface area (Å²) in [6.07, 6.45) is 2.26. The molecule has 1 amide bonds. The second-order valence-electron chi connectivity index (χ2n) is 7.76. The summed E-state index contributed by atoms with van der Waals surface area (Å²) < 4.78 is 42.6. The van der Waals surface area contributed by atoms with Crippen LogP contribution in [0.3, 0.4) is 0 Å². The minimum atomic E-state index is -1.50. The van der Waals surface area contributed by atoms with Crippen LogP contribution in [-0.4, -0.2) is 32.1 Å². The van der Waals surface area contributed by atoms with E-state index < -0.39 is 17.5 Å². The van der Waals surface area contributed by atoms with Crippen LogP contribution in [0, 0.1) is 17.5 Å². The Labute approximate surface area is 176 Å². The maximum atomic E-state index is 13.8. The van der Waals surface area contributed by atoms with E-state index in [-0.39, 0.29) is 17.5 Å². The van der Waals surface area contributed by atoms with Crippen molar-refractivity contribution >= 4 is 16.8 Å². The third kappa shape index (κ3) is 2.93. The molecule has 1 aliphatic heterocycles. The third-order valence-electron chi connectivity index (χ3n) is 5.98. The van der Waals surface area contributed by atoms with E-state index >= 15 is 0 Å². The summed E-state index contributed by atoms with van der Waals surface area (Å²) in [5.74, 6) is -4.10. The fourth-order valence-electron chi connectivity index (χ4n) is 4.49. The molecule has 0 fully saturated rings. The molecular formula is C23H19F3N4O. The minimum absolute atomic E-state index is 0.114. The number of fused-ring (bicyclic) bond motifs is 2. The Balaban J connectivity index is 1.54. The SMILES string of the molecule is C[C@H]1c2nn(C)c(-c3cc(F)c(F)c(F)c3)c2CCN1C(=O)c1cccc2cc[nH]c12. The molecule has 0 bridgehead atoms. The van der Waals surface area contributed by atoms with Gasteiger partial charge in [-0.25, -0.2) is 13.2 Å². The molecule has 2 aromatic carbocycles. The van der Waals surface area contributed by atoms with Crippen LogP contribution in [0.4, 0.5) is 13.2 Å².